The van der Waals surface area contributed by atoms with Crippen LogP contribution >= 0.6 is 0 Å². The van der Waals surface area contributed by atoms with E-state index < -0.39 is 12.1 Å². The Kier molecular flexibility index (Phi) is 4.08. The quantitative estimate of drug-likeness (QED) is 0.664. The average Bonchev–Trinajstić information content (AvgIpc) is 3.20. The number of carbonyl (C=O) groups is 2. The lowest BCUT2D eigenvalue weighted by Crippen LogP contribution is -2.44. The first-order valence-electron chi connectivity index (χ1n) is 10.1. The zero-order valence-electron chi connectivity index (χ0n) is 16.3. The van der Waals surface area contributed by atoms with E-state index in [1.165, 1.54) is 4.90 Å². The van der Waals surface area contributed by atoms with Gasteiger partial charge in [0.25, 0.3) is 5.91 Å². The highest BCUT2D eigenvalue weighted by molar-refractivity contribution is 6.05. The van der Waals surface area contributed by atoms with E-state index >= 15 is 0 Å². The second-order valence-electron chi connectivity index (χ2n) is 7.81. The van der Waals surface area contributed by atoms with Crippen LogP contribution in [0.3, 0.4) is 0 Å². The molecule has 29 heavy (non-hydrogen) atoms. The molecule has 2 aromatic carbocycles. The Bertz CT molecular complexity index is 1120. The molecular weight excluding hydrogens is 366 g/mol. The number of imide groups is 1. The number of carbonyl (C=O) groups excluding carboxylic acids is 2. The van der Waals surface area contributed by atoms with Crippen molar-refractivity contribution < 1.29 is 14.7 Å². The third-order valence-electron chi connectivity index (χ3n) is 6.06. The normalized spacial score (nSPS) is 21.0. The van der Waals surface area contributed by atoms with Crippen LogP contribution in [0.15, 0.2) is 48.5 Å². The van der Waals surface area contributed by atoms with Crippen molar-refractivity contribution in [3.05, 3.63) is 65.4 Å². The molecule has 0 aliphatic carbocycles. The highest BCUT2D eigenvalue weighted by Crippen LogP contribution is 2.44. The van der Waals surface area contributed by atoms with Crippen molar-refractivity contribution in [1.29, 1.82) is 0 Å². The average molecular weight is 389 g/mol. The van der Waals surface area contributed by atoms with Crippen LogP contribution in [0.25, 0.3) is 10.9 Å². The largest absolute Gasteiger partial charge is 0.508 e. The van der Waals surface area contributed by atoms with Gasteiger partial charge in [-0.15, -0.1) is 0 Å². The van der Waals surface area contributed by atoms with Gasteiger partial charge in [0.1, 0.15) is 17.8 Å². The molecule has 3 aromatic rings. The molecule has 1 fully saturated rings. The molecule has 2 aliphatic heterocycles. The lowest BCUT2D eigenvalue weighted by molar-refractivity contribution is -0.128. The van der Waals surface area contributed by atoms with Crippen LogP contribution in [0.4, 0.5) is 4.79 Å². The number of fused-ring (bicyclic) bond motifs is 4. The number of rotatable bonds is 4. The second-order valence-corrected chi connectivity index (χ2v) is 7.81. The van der Waals surface area contributed by atoms with E-state index in [4.69, 9.17) is 0 Å². The molecule has 148 valence electrons. The zero-order chi connectivity index (χ0) is 20.1. The molecule has 2 aliphatic rings. The molecule has 6 nitrogen and oxygen atoms in total. The van der Waals surface area contributed by atoms with Gasteiger partial charge in [0, 0.05) is 29.6 Å². The van der Waals surface area contributed by atoms with Crippen molar-refractivity contribution in [3.8, 4) is 5.75 Å². The Morgan fingerprint density at radius 1 is 1.14 bits per heavy atom. The maximum atomic E-state index is 13.3. The Hall–Kier alpha value is -3.28. The second kappa shape index (κ2) is 6.65. The van der Waals surface area contributed by atoms with Gasteiger partial charge in [-0.05, 0) is 35.7 Å². The summed E-state index contributed by atoms with van der Waals surface area (Å²) < 4.78 is 0. The fourth-order valence-corrected chi connectivity index (χ4v) is 4.69. The van der Waals surface area contributed by atoms with Crippen LogP contribution in [-0.2, 0) is 11.2 Å². The number of nitrogens with one attached hydrogen (secondary N) is 1. The molecule has 6 heteroatoms. The van der Waals surface area contributed by atoms with Crippen LogP contribution in [-0.4, -0.2) is 44.4 Å². The number of phenolic OH excluding ortho intramolecular Hbond substituents is 1. The first-order chi connectivity index (χ1) is 14.1. The molecule has 0 bridgehead atoms. The van der Waals surface area contributed by atoms with E-state index in [0.29, 0.717) is 13.0 Å². The van der Waals surface area contributed by atoms with Crippen molar-refractivity contribution in [2.24, 2.45) is 0 Å². The van der Waals surface area contributed by atoms with Gasteiger partial charge in [-0.1, -0.05) is 43.7 Å². The minimum absolute atomic E-state index is 0.121. The number of hydrogen-bond acceptors (Lipinski definition) is 3. The Labute approximate surface area is 168 Å². The molecule has 0 radical (unpaired) electrons. The summed E-state index contributed by atoms with van der Waals surface area (Å²) in [6.45, 7) is 2.49. The van der Waals surface area contributed by atoms with Gasteiger partial charge >= 0.3 is 6.03 Å². The molecule has 1 saturated heterocycles. The number of para-hydroxylation sites is 1. The first-order valence-corrected chi connectivity index (χ1v) is 10.1. The van der Waals surface area contributed by atoms with E-state index in [0.717, 1.165) is 40.6 Å². The maximum absolute atomic E-state index is 13.3. The summed E-state index contributed by atoms with van der Waals surface area (Å²) in [5.74, 6) is 0.0210. The number of urea groups is 1. The summed E-state index contributed by atoms with van der Waals surface area (Å²) in [7, 11) is 0. The van der Waals surface area contributed by atoms with Crippen LogP contribution in [0.5, 0.6) is 5.75 Å². The summed E-state index contributed by atoms with van der Waals surface area (Å²) in [4.78, 5) is 33.1. The van der Waals surface area contributed by atoms with E-state index in [9.17, 15) is 14.7 Å². The number of aromatic hydroxyl groups is 1. The smallest absolute Gasteiger partial charge is 0.328 e. The summed E-state index contributed by atoms with van der Waals surface area (Å²) in [5, 5.41) is 11.1. The Morgan fingerprint density at radius 2 is 1.97 bits per heavy atom. The van der Waals surface area contributed by atoms with Crippen molar-refractivity contribution >= 4 is 22.8 Å². The lowest BCUT2D eigenvalue weighted by atomic mass is 9.89. The van der Waals surface area contributed by atoms with Gasteiger partial charge in [-0.3, -0.25) is 14.6 Å². The van der Waals surface area contributed by atoms with Crippen LogP contribution in [0, 0.1) is 0 Å². The fourth-order valence-electron chi connectivity index (χ4n) is 4.69. The van der Waals surface area contributed by atoms with Gasteiger partial charge in [0.2, 0.25) is 0 Å². The summed E-state index contributed by atoms with van der Waals surface area (Å²) >= 11 is 0. The third-order valence-corrected chi connectivity index (χ3v) is 6.06. The molecular formula is C23H23N3O3. The SMILES string of the molecule is CCCCN1C(=O)C2Cc3c([nH]c4ccccc34)C(c3cccc(O)c3)N2C1=O. The number of amides is 3. The minimum Gasteiger partial charge on any atom is -0.508 e. The number of H-pyrrole nitrogens is 1. The van der Waals surface area contributed by atoms with E-state index in [1.54, 1.807) is 23.1 Å². The minimum atomic E-state index is -0.515. The van der Waals surface area contributed by atoms with E-state index in [-0.39, 0.29) is 17.7 Å². The highest BCUT2D eigenvalue weighted by Gasteiger charge is 2.52. The van der Waals surface area contributed by atoms with Gasteiger partial charge in [-0.2, -0.15) is 0 Å². The molecule has 0 spiro atoms. The summed E-state index contributed by atoms with van der Waals surface area (Å²) in [6, 6.07) is 13.8. The molecule has 3 amide bonds. The summed E-state index contributed by atoms with van der Waals surface area (Å²) in [6.07, 6.45) is 2.21. The number of nitrogens with zero attached hydrogens (tertiary/aromatic N) is 2. The van der Waals surface area contributed by atoms with Gasteiger partial charge < -0.3 is 10.1 Å². The van der Waals surface area contributed by atoms with Crippen LogP contribution < -0.4 is 0 Å². The van der Waals surface area contributed by atoms with Crippen molar-refractivity contribution in [1.82, 2.24) is 14.8 Å². The van der Waals surface area contributed by atoms with Crippen LogP contribution in [0.1, 0.15) is 42.6 Å². The van der Waals surface area contributed by atoms with Gasteiger partial charge in [0.15, 0.2) is 0 Å². The van der Waals surface area contributed by atoms with Crippen molar-refractivity contribution in [2.75, 3.05) is 6.54 Å². The van der Waals surface area contributed by atoms with Crippen molar-refractivity contribution in [2.45, 2.75) is 38.3 Å². The number of aromatic amines is 1. The molecule has 2 N–H and O–H groups in total. The maximum Gasteiger partial charge on any atom is 0.328 e. The molecule has 0 saturated carbocycles. The molecule has 2 atom stereocenters. The topological polar surface area (TPSA) is 76.6 Å². The monoisotopic (exact) mass is 389 g/mol. The predicted molar refractivity (Wildman–Crippen MR) is 110 cm³/mol. The van der Waals surface area contributed by atoms with E-state index in [2.05, 4.69) is 11.1 Å². The first kappa shape index (κ1) is 17.8. The molecule has 5 rings (SSSR count). The number of unbranched alkanes of at least 4 members (excludes halogenated alkanes) is 1. The summed E-state index contributed by atoms with van der Waals surface area (Å²) in [5.41, 5.74) is 3.78. The fraction of sp³-hybridized carbons (Fsp3) is 0.304. The zero-order valence-corrected chi connectivity index (χ0v) is 16.3. The molecule has 2 unspecified atom stereocenters. The number of phenols is 1. The number of hydrogen-bond donors (Lipinski definition) is 2. The number of aromatic nitrogens is 1. The van der Waals surface area contributed by atoms with Gasteiger partial charge in [-0.25, -0.2) is 4.79 Å². The predicted octanol–water partition coefficient (Wildman–Crippen LogP) is 3.95. The highest BCUT2D eigenvalue weighted by atomic mass is 16.3. The number of benzene rings is 2. The van der Waals surface area contributed by atoms with Crippen molar-refractivity contribution in [3.63, 3.8) is 0 Å². The van der Waals surface area contributed by atoms with E-state index in [1.807, 2.05) is 31.2 Å². The molecule has 3 heterocycles. The third kappa shape index (κ3) is 2.63. The van der Waals surface area contributed by atoms with Crippen LogP contribution in [0.2, 0.25) is 0 Å². The lowest BCUT2D eigenvalue weighted by Gasteiger charge is -2.36. The van der Waals surface area contributed by atoms with Gasteiger partial charge in [0.05, 0.1) is 0 Å². The standard InChI is InChI=1S/C23H23N3O3/c1-2-3-11-25-22(28)19-13-17-16-9-4-5-10-18(16)24-20(17)21(26(19)23(25)29)14-7-6-8-15(27)12-14/h4-10,12,19,21,24,27H,2-3,11,13H2,1H3. The Morgan fingerprint density at radius 3 is 2.76 bits per heavy atom. The Balaban J connectivity index is 1.69. The molecule has 1 aromatic heterocycles.